The van der Waals surface area contributed by atoms with Gasteiger partial charge in [-0.1, -0.05) is 147 Å². The molecular formula is C40H42N2O3S-2. The second-order valence-electron chi connectivity index (χ2n) is 9.91. The van der Waals surface area contributed by atoms with Crippen molar-refractivity contribution in [3.63, 3.8) is 0 Å². The number of hydrogen-bond acceptors (Lipinski definition) is 5. The first-order chi connectivity index (χ1) is 21.9. The summed E-state index contributed by atoms with van der Waals surface area (Å²) in [7, 11) is 4.13. The SMILES string of the molecule is C.CCN=C1C=CC(=C(C=CC=C(c2ccccc2)c2ccc(N(C)C)cc2)c2ccccc2)C=C1.O=S([O-])[O-].c1ccccc1. The minimum Gasteiger partial charge on any atom is -0.784 e. The van der Waals surface area contributed by atoms with Crippen LogP contribution >= 0.6 is 0 Å². The van der Waals surface area contributed by atoms with Crippen LogP contribution in [0.5, 0.6) is 0 Å². The number of allylic oxidation sites excluding steroid dienone is 9. The summed E-state index contributed by atoms with van der Waals surface area (Å²) in [6.45, 7) is 2.85. The highest BCUT2D eigenvalue weighted by Crippen LogP contribution is 2.27. The van der Waals surface area contributed by atoms with Crippen LogP contribution < -0.4 is 4.90 Å². The quantitative estimate of drug-likeness (QED) is 0.151. The minimum atomic E-state index is -3.11. The van der Waals surface area contributed by atoms with Crippen molar-refractivity contribution in [2.45, 2.75) is 14.4 Å². The van der Waals surface area contributed by atoms with E-state index in [4.69, 9.17) is 13.3 Å². The van der Waals surface area contributed by atoms with Gasteiger partial charge in [0, 0.05) is 26.3 Å². The molecule has 4 aromatic rings. The number of benzene rings is 4. The summed E-state index contributed by atoms with van der Waals surface area (Å²) in [6.07, 6.45) is 15.1. The predicted molar refractivity (Wildman–Crippen MR) is 196 cm³/mol. The molecular weight excluding hydrogens is 589 g/mol. The smallest absolute Gasteiger partial charge is 0.0574 e. The van der Waals surface area contributed by atoms with E-state index in [9.17, 15) is 0 Å². The average Bonchev–Trinajstić information content (AvgIpc) is 3.07. The van der Waals surface area contributed by atoms with E-state index >= 15 is 0 Å². The first-order valence-corrected chi connectivity index (χ1v) is 15.6. The van der Waals surface area contributed by atoms with Crippen LogP contribution in [-0.4, -0.2) is 39.7 Å². The Labute approximate surface area is 277 Å². The predicted octanol–water partition coefficient (Wildman–Crippen LogP) is 9.10. The Kier molecular flexibility index (Phi) is 17.0. The van der Waals surface area contributed by atoms with Crippen LogP contribution in [0.4, 0.5) is 5.69 Å². The molecule has 6 heteroatoms. The molecule has 1 aliphatic carbocycles. The van der Waals surface area contributed by atoms with Crippen molar-refractivity contribution in [2.75, 3.05) is 25.5 Å². The van der Waals surface area contributed by atoms with Crippen LogP contribution in [-0.2, 0) is 11.4 Å². The van der Waals surface area contributed by atoms with Gasteiger partial charge in [-0.25, -0.2) is 0 Å². The van der Waals surface area contributed by atoms with E-state index in [1.54, 1.807) is 0 Å². The average molecular weight is 631 g/mol. The van der Waals surface area contributed by atoms with E-state index in [1.165, 1.54) is 39.1 Å². The Morgan fingerprint density at radius 2 is 1.13 bits per heavy atom. The molecule has 0 heterocycles. The topological polar surface area (TPSA) is 78.8 Å². The molecule has 0 bridgehead atoms. The largest absolute Gasteiger partial charge is 0.784 e. The fourth-order valence-corrected chi connectivity index (χ4v) is 4.45. The molecule has 0 aliphatic heterocycles. The van der Waals surface area contributed by atoms with E-state index < -0.39 is 11.4 Å². The first kappa shape index (κ1) is 37.3. The van der Waals surface area contributed by atoms with Crippen molar-refractivity contribution in [2.24, 2.45) is 4.99 Å². The summed E-state index contributed by atoms with van der Waals surface area (Å²) in [6, 6.07) is 41.8. The molecule has 46 heavy (non-hydrogen) atoms. The molecule has 0 N–H and O–H groups in total. The van der Waals surface area contributed by atoms with Crippen LogP contribution in [0.2, 0.25) is 0 Å². The first-order valence-electron chi connectivity index (χ1n) is 14.6. The summed E-state index contributed by atoms with van der Waals surface area (Å²) < 4.78 is 25.3. The maximum absolute atomic E-state index is 8.44. The fourth-order valence-electron chi connectivity index (χ4n) is 4.45. The lowest BCUT2D eigenvalue weighted by Crippen LogP contribution is -2.08. The van der Waals surface area contributed by atoms with Crippen molar-refractivity contribution in [1.29, 1.82) is 0 Å². The summed E-state index contributed by atoms with van der Waals surface area (Å²) in [5.41, 5.74) is 9.33. The minimum absolute atomic E-state index is 0. The summed E-state index contributed by atoms with van der Waals surface area (Å²) in [4.78, 5) is 6.63. The van der Waals surface area contributed by atoms with Gasteiger partial charge in [0.05, 0.1) is 5.71 Å². The number of rotatable bonds is 7. The molecule has 0 atom stereocenters. The van der Waals surface area contributed by atoms with Crippen molar-refractivity contribution >= 4 is 33.9 Å². The number of anilines is 1. The highest BCUT2D eigenvalue weighted by Gasteiger charge is 2.07. The van der Waals surface area contributed by atoms with Gasteiger partial charge in [-0.2, -0.15) is 0 Å². The Bertz CT molecular complexity index is 1610. The monoisotopic (exact) mass is 630 g/mol. The van der Waals surface area contributed by atoms with Crippen molar-refractivity contribution in [3.8, 4) is 0 Å². The summed E-state index contributed by atoms with van der Waals surface area (Å²) >= 11 is -3.11. The fraction of sp³-hybridized carbons (Fsp3) is 0.125. The van der Waals surface area contributed by atoms with Gasteiger partial charge in [0.25, 0.3) is 0 Å². The molecule has 0 aromatic heterocycles. The van der Waals surface area contributed by atoms with Crippen LogP contribution in [0, 0.1) is 0 Å². The zero-order valence-corrected chi connectivity index (χ0v) is 26.6. The van der Waals surface area contributed by atoms with Crippen molar-refractivity contribution < 1.29 is 13.3 Å². The summed E-state index contributed by atoms with van der Waals surface area (Å²) in [5, 5.41) is 0. The highest BCUT2D eigenvalue weighted by molar-refractivity contribution is 7.72. The molecule has 0 radical (unpaired) electrons. The molecule has 1 aliphatic rings. The van der Waals surface area contributed by atoms with E-state index in [0.29, 0.717) is 0 Å². The molecule has 0 unspecified atom stereocenters. The molecule has 0 saturated carbocycles. The maximum atomic E-state index is 8.44. The van der Waals surface area contributed by atoms with Crippen LogP contribution in [0.15, 0.2) is 174 Å². The second-order valence-corrected chi connectivity index (χ2v) is 10.3. The van der Waals surface area contributed by atoms with Crippen LogP contribution in [0.25, 0.3) is 11.1 Å². The van der Waals surface area contributed by atoms with Crippen molar-refractivity contribution in [1.82, 2.24) is 0 Å². The Morgan fingerprint density at radius 1 is 0.696 bits per heavy atom. The Balaban J connectivity index is 0.000000576. The lowest BCUT2D eigenvalue weighted by molar-refractivity contribution is 0.419. The normalized spacial score (nSPS) is 12.0. The third-order valence-corrected chi connectivity index (χ3v) is 6.58. The van der Waals surface area contributed by atoms with Gasteiger partial charge < -0.3 is 14.0 Å². The van der Waals surface area contributed by atoms with Gasteiger partial charge in [0.2, 0.25) is 0 Å². The number of aliphatic imine (C=N–C) groups is 1. The third-order valence-electron chi connectivity index (χ3n) is 6.58. The molecule has 0 saturated heterocycles. The molecule has 0 fully saturated rings. The molecule has 4 aromatic carbocycles. The van der Waals surface area contributed by atoms with E-state index in [1.807, 2.05) is 36.4 Å². The second kappa shape index (κ2) is 21.0. The van der Waals surface area contributed by atoms with E-state index in [2.05, 4.69) is 158 Å². The van der Waals surface area contributed by atoms with Gasteiger partial charge >= 0.3 is 0 Å². The van der Waals surface area contributed by atoms with Crippen LogP contribution in [0.3, 0.4) is 0 Å². The van der Waals surface area contributed by atoms with E-state index in [0.717, 1.165) is 12.3 Å². The van der Waals surface area contributed by atoms with Gasteiger partial charge in [-0.15, -0.1) is 11.4 Å². The number of nitrogens with zero attached hydrogens (tertiary/aromatic N) is 2. The zero-order chi connectivity index (χ0) is 32.3. The molecule has 0 spiro atoms. The van der Waals surface area contributed by atoms with E-state index in [-0.39, 0.29) is 7.43 Å². The van der Waals surface area contributed by atoms with Crippen LogP contribution in [0.1, 0.15) is 31.0 Å². The standard InChI is InChI=1S/C33H32N2.C6H6.CH4.H2O3S/c1-4-34-30-22-18-28(19-23-30)32(26-12-7-5-8-13-26)16-11-17-33(27-14-9-6-10-15-27)29-20-24-31(25-21-29)35(2)3;1-2-4-6-5-3-1;;1-4(2)3/h5-25H,4H2,1-3H3;1-6H;1H4;(H2,1,2,3)/p-2. The van der Waals surface area contributed by atoms with Gasteiger partial charge in [0.1, 0.15) is 0 Å². The maximum Gasteiger partial charge on any atom is 0.0574 e. The third kappa shape index (κ3) is 13.0. The Hall–Kier alpha value is -4.88. The molecule has 238 valence electrons. The lowest BCUT2D eigenvalue weighted by atomic mass is 9.94. The Morgan fingerprint density at radius 3 is 1.59 bits per heavy atom. The number of hydrogen-bond donors (Lipinski definition) is 0. The summed E-state index contributed by atoms with van der Waals surface area (Å²) in [5.74, 6) is 0. The van der Waals surface area contributed by atoms with Gasteiger partial charge in [-0.3, -0.25) is 9.20 Å². The zero-order valence-electron chi connectivity index (χ0n) is 25.8. The van der Waals surface area contributed by atoms with Crippen molar-refractivity contribution in [3.05, 3.63) is 186 Å². The van der Waals surface area contributed by atoms with Gasteiger partial charge in [-0.05, 0) is 64.6 Å². The molecule has 5 nitrogen and oxygen atoms in total. The highest BCUT2D eigenvalue weighted by atomic mass is 32.2. The molecule has 0 amide bonds. The van der Waals surface area contributed by atoms with Gasteiger partial charge in [0.15, 0.2) is 0 Å². The lowest BCUT2D eigenvalue weighted by Gasteiger charge is -2.14. The molecule has 5 rings (SSSR count).